The number of carbonyl (C=O) groups excluding carboxylic acids is 4. The highest BCUT2D eigenvalue weighted by molar-refractivity contribution is 7.47. The highest BCUT2D eigenvalue weighted by atomic mass is 31.2. The third-order valence-electron chi connectivity index (χ3n) is 18.6. The van der Waals surface area contributed by atoms with Crippen LogP contribution < -0.4 is 0 Å². The van der Waals surface area contributed by atoms with Crippen LogP contribution in [0.2, 0.25) is 0 Å². The van der Waals surface area contributed by atoms with Crippen LogP contribution in [0, 0.1) is 11.8 Å². The average molecular weight is 1420 g/mol. The Hall–Kier alpha value is -1.94. The standard InChI is InChI=1S/C78H152O17P2/c1-7-10-12-14-16-17-18-19-20-21-22-23-24-25-26-31-34-37-44-50-56-62-77(82)94-74(67-89-76(81)61-55-49-43-36-33-30-28-27-29-32-35-41-46-52-58-70(4)5)69-93-97(86,87)91-65-72(79)64-90-96(84,85)92-68-73(66-88-75(80)60-54-48-40-15-13-11-8-2)95-78(83)63-57-51-45-39-38-42-47-53-59-71(6)9-3/h70-74,79H,7-69H2,1-6H3,(H,84,85)(H,86,87)/t71?,72-,73+,74+/m0/s1. The van der Waals surface area contributed by atoms with Crippen LogP contribution in [0.25, 0.3) is 0 Å². The fraction of sp³-hybridized carbons (Fsp3) is 0.949. The third kappa shape index (κ3) is 70.9. The van der Waals surface area contributed by atoms with Gasteiger partial charge in [-0.15, -0.1) is 0 Å². The van der Waals surface area contributed by atoms with Gasteiger partial charge in [-0.1, -0.05) is 356 Å². The van der Waals surface area contributed by atoms with E-state index in [-0.39, 0.29) is 25.7 Å². The lowest BCUT2D eigenvalue weighted by molar-refractivity contribution is -0.161. The summed E-state index contributed by atoms with van der Waals surface area (Å²) in [6.45, 7) is 9.58. The molecule has 97 heavy (non-hydrogen) atoms. The zero-order chi connectivity index (χ0) is 71.4. The summed E-state index contributed by atoms with van der Waals surface area (Å²) in [5.41, 5.74) is 0. The summed E-state index contributed by atoms with van der Waals surface area (Å²) in [6, 6.07) is 0. The van der Waals surface area contributed by atoms with E-state index in [0.29, 0.717) is 25.7 Å². The third-order valence-corrected chi connectivity index (χ3v) is 20.5. The van der Waals surface area contributed by atoms with Crippen molar-refractivity contribution >= 4 is 39.5 Å². The number of hydrogen-bond donors (Lipinski definition) is 3. The van der Waals surface area contributed by atoms with E-state index < -0.39 is 97.5 Å². The molecule has 0 rings (SSSR count). The number of unbranched alkanes of at least 4 members (excludes halogenated alkanes) is 46. The molecule has 0 spiro atoms. The van der Waals surface area contributed by atoms with Crippen molar-refractivity contribution in [2.45, 2.75) is 426 Å². The summed E-state index contributed by atoms with van der Waals surface area (Å²) < 4.78 is 68.5. The molecule has 19 heteroatoms. The van der Waals surface area contributed by atoms with E-state index in [1.54, 1.807) is 0 Å². The minimum absolute atomic E-state index is 0.105. The van der Waals surface area contributed by atoms with Gasteiger partial charge in [0.2, 0.25) is 0 Å². The van der Waals surface area contributed by atoms with E-state index in [4.69, 9.17) is 37.0 Å². The first-order valence-electron chi connectivity index (χ1n) is 40.5. The summed E-state index contributed by atoms with van der Waals surface area (Å²) in [6.07, 6.45) is 58.5. The summed E-state index contributed by atoms with van der Waals surface area (Å²) in [4.78, 5) is 72.7. The second-order valence-electron chi connectivity index (χ2n) is 28.8. The normalized spacial score (nSPS) is 14.2. The maximum Gasteiger partial charge on any atom is 0.472 e. The molecule has 0 fully saturated rings. The van der Waals surface area contributed by atoms with Gasteiger partial charge in [0, 0.05) is 25.7 Å². The molecule has 17 nitrogen and oxygen atoms in total. The van der Waals surface area contributed by atoms with Crippen molar-refractivity contribution in [1.29, 1.82) is 0 Å². The molecule has 0 aliphatic carbocycles. The lowest BCUT2D eigenvalue weighted by Gasteiger charge is -2.21. The van der Waals surface area contributed by atoms with Gasteiger partial charge >= 0.3 is 39.5 Å². The van der Waals surface area contributed by atoms with Crippen LogP contribution in [-0.2, 0) is 65.4 Å². The quantitative estimate of drug-likeness (QED) is 0.0222. The Bertz CT molecular complexity index is 1870. The van der Waals surface area contributed by atoms with Crippen LogP contribution in [0.1, 0.15) is 408 Å². The van der Waals surface area contributed by atoms with Crippen molar-refractivity contribution in [3.05, 3.63) is 0 Å². The molecule has 6 atom stereocenters. The van der Waals surface area contributed by atoms with Gasteiger partial charge in [0.25, 0.3) is 0 Å². The highest BCUT2D eigenvalue weighted by Crippen LogP contribution is 2.45. The molecule has 3 unspecified atom stereocenters. The molecule has 0 saturated heterocycles. The minimum Gasteiger partial charge on any atom is -0.462 e. The second-order valence-corrected chi connectivity index (χ2v) is 31.7. The first kappa shape index (κ1) is 95.1. The highest BCUT2D eigenvalue weighted by Gasteiger charge is 2.30. The first-order chi connectivity index (χ1) is 46.9. The molecule has 0 aromatic carbocycles. The molecule has 0 bridgehead atoms. The molecule has 0 aromatic rings. The molecule has 576 valence electrons. The zero-order valence-electron chi connectivity index (χ0n) is 63.4. The number of carbonyl (C=O) groups is 4. The number of phosphoric acid groups is 2. The summed E-state index contributed by atoms with van der Waals surface area (Å²) in [5, 5.41) is 10.6. The van der Waals surface area contributed by atoms with E-state index >= 15 is 0 Å². The van der Waals surface area contributed by atoms with Crippen molar-refractivity contribution in [3.8, 4) is 0 Å². The van der Waals surface area contributed by atoms with Crippen LogP contribution >= 0.6 is 15.6 Å². The Balaban J connectivity index is 5.17. The Labute approximate surface area is 594 Å². The van der Waals surface area contributed by atoms with Gasteiger partial charge in [0.1, 0.15) is 19.3 Å². The fourth-order valence-corrected chi connectivity index (χ4v) is 13.6. The SMILES string of the molecule is CCCCCCCCCCCCCCCCCCCCCCCC(=O)O[C@H](COC(=O)CCCCCCCCCCCCCCCCC(C)C)COP(=O)(O)OC[C@@H](O)COP(=O)(O)OC[C@@H](COC(=O)CCCCCCCCC)OC(=O)CCCCCCCCCCC(C)CC. The predicted octanol–water partition coefficient (Wildman–Crippen LogP) is 23.1. The smallest absolute Gasteiger partial charge is 0.462 e. The van der Waals surface area contributed by atoms with E-state index in [0.717, 1.165) is 115 Å². The summed E-state index contributed by atoms with van der Waals surface area (Å²) >= 11 is 0. The van der Waals surface area contributed by atoms with Gasteiger partial charge < -0.3 is 33.8 Å². The number of rotatable bonds is 77. The average Bonchev–Trinajstić information content (AvgIpc) is 1.13. The lowest BCUT2D eigenvalue weighted by Crippen LogP contribution is -2.30. The van der Waals surface area contributed by atoms with Crippen molar-refractivity contribution in [2.24, 2.45) is 11.8 Å². The lowest BCUT2D eigenvalue weighted by atomic mass is 9.99. The Morgan fingerprint density at radius 2 is 0.526 bits per heavy atom. The van der Waals surface area contributed by atoms with Crippen LogP contribution in [0.3, 0.4) is 0 Å². The monoisotopic (exact) mass is 1420 g/mol. The summed E-state index contributed by atoms with van der Waals surface area (Å²) in [5.74, 6) is -0.551. The molecular weight excluding hydrogens is 1270 g/mol. The second kappa shape index (κ2) is 69.8. The van der Waals surface area contributed by atoms with E-state index in [1.807, 2.05) is 0 Å². The van der Waals surface area contributed by atoms with Gasteiger partial charge in [-0.05, 0) is 37.5 Å². The zero-order valence-corrected chi connectivity index (χ0v) is 65.2. The summed E-state index contributed by atoms with van der Waals surface area (Å²) in [7, 11) is -9.91. The van der Waals surface area contributed by atoms with E-state index in [1.165, 1.54) is 212 Å². The number of aliphatic hydroxyl groups is 1. The molecule has 3 N–H and O–H groups in total. The largest absolute Gasteiger partial charge is 0.472 e. The topological polar surface area (TPSA) is 237 Å². The Morgan fingerprint density at radius 3 is 0.784 bits per heavy atom. The number of phosphoric ester groups is 2. The molecular formula is C78H152O17P2. The molecule has 0 saturated carbocycles. The van der Waals surface area contributed by atoms with Crippen molar-refractivity contribution in [1.82, 2.24) is 0 Å². The number of aliphatic hydroxyl groups excluding tert-OH is 1. The van der Waals surface area contributed by atoms with Gasteiger partial charge in [-0.3, -0.25) is 37.3 Å². The maximum absolute atomic E-state index is 13.1. The molecule has 0 aromatic heterocycles. The molecule has 0 radical (unpaired) electrons. The van der Waals surface area contributed by atoms with Gasteiger partial charge in [0.05, 0.1) is 26.4 Å². The molecule has 0 amide bonds. The van der Waals surface area contributed by atoms with Crippen molar-refractivity contribution in [2.75, 3.05) is 39.6 Å². The molecule has 0 aliphatic rings. The van der Waals surface area contributed by atoms with Gasteiger partial charge in [-0.25, -0.2) is 9.13 Å². The van der Waals surface area contributed by atoms with Crippen molar-refractivity contribution < 1.29 is 80.2 Å². The van der Waals surface area contributed by atoms with E-state index in [2.05, 4.69) is 41.5 Å². The van der Waals surface area contributed by atoms with Crippen LogP contribution in [-0.4, -0.2) is 96.7 Å². The molecule has 0 aliphatic heterocycles. The van der Waals surface area contributed by atoms with E-state index in [9.17, 15) is 43.2 Å². The number of esters is 4. The van der Waals surface area contributed by atoms with Crippen LogP contribution in [0.4, 0.5) is 0 Å². The minimum atomic E-state index is -4.96. The Kier molecular flexibility index (Phi) is 68.4. The fourth-order valence-electron chi connectivity index (χ4n) is 12.0. The predicted molar refractivity (Wildman–Crippen MR) is 395 cm³/mol. The van der Waals surface area contributed by atoms with Gasteiger partial charge in [0.15, 0.2) is 12.2 Å². The van der Waals surface area contributed by atoms with Gasteiger partial charge in [-0.2, -0.15) is 0 Å². The van der Waals surface area contributed by atoms with Crippen LogP contribution in [0.5, 0.6) is 0 Å². The number of hydrogen-bond acceptors (Lipinski definition) is 15. The number of ether oxygens (including phenoxy) is 4. The first-order valence-corrected chi connectivity index (χ1v) is 43.5. The molecule has 0 heterocycles. The van der Waals surface area contributed by atoms with Crippen LogP contribution in [0.15, 0.2) is 0 Å². The van der Waals surface area contributed by atoms with Crippen molar-refractivity contribution in [3.63, 3.8) is 0 Å². The maximum atomic E-state index is 13.1. The Morgan fingerprint density at radius 1 is 0.299 bits per heavy atom.